The highest BCUT2D eigenvalue weighted by atomic mass is 16.6. The van der Waals surface area contributed by atoms with Crippen LogP contribution in [0.4, 0.5) is 10.5 Å². The summed E-state index contributed by atoms with van der Waals surface area (Å²) in [5.41, 5.74) is 7.57. The van der Waals surface area contributed by atoms with Gasteiger partial charge >= 0.3 is 6.09 Å². The Morgan fingerprint density at radius 3 is 2.13 bits per heavy atom. The highest BCUT2D eigenvalue weighted by molar-refractivity contribution is 5.96. The van der Waals surface area contributed by atoms with E-state index in [0.29, 0.717) is 38.0 Å². The highest BCUT2D eigenvalue weighted by Crippen LogP contribution is 2.44. The number of nitrogens with two attached hydrogens (primary N) is 1. The molecule has 2 bridgehead atoms. The van der Waals surface area contributed by atoms with Crippen LogP contribution in [-0.4, -0.2) is 120 Å². The Labute approximate surface area is 405 Å². The van der Waals surface area contributed by atoms with Crippen LogP contribution in [0.1, 0.15) is 124 Å². The lowest BCUT2D eigenvalue weighted by atomic mass is 9.83. The van der Waals surface area contributed by atoms with Crippen molar-refractivity contribution in [2.75, 3.05) is 33.1 Å². The van der Waals surface area contributed by atoms with Gasteiger partial charge in [-0.15, -0.1) is 0 Å². The number of hydrogen-bond donors (Lipinski definition) is 2. The van der Waals surface area contributed by atoms with Gasteiger partial charge in [0.1, 0.15) is 11.4 Å². The number of carbonyl (C=O) groups is 6. The van der Waals surface area contributed by atoms with Gasteiger partial charge in [0, 0.05) is 76.7 Å². The molecule has 0 radical (unpaired) electrons. The number of rotatable bonds is 23. The molecule has 3 aliphatic rings. The Morgan fingerprint density at radius 2 is 1.54 bits per heavy atom. The quantitative estimate of drug-likeness (QED) is 0.112. The minimum atomic E-state index is -0.706. The molecule has 3 fully saturated rings. The SMILES string of the molecule is CC[C@H](C)[C@@H]([C@@H](CC(=O)N1CCC[C@H]1[C@H](OC)[C@@H](C)C(=O)C[C@@H](Cc1ccccc1)C(=O)Nc1ccc(CN)cc1)OC)N(C)C(=O)[C@@H](CC(=O)[C@@H]1[C@H]2CC[C@H](C2)N1C(=O)OC(C)(C)C)C(C)C. The average molecular weight is 944 g/mol. The van der Waals surface area contributed by atoms with E-state index >= 15 is 0 Å². The standard InChI is InChI=1S/C54H81N5O9/c1-12-34(4)48(57(9)52(64)42(33(2)3)30-45(61)49-38-22-25-41(28-38)59(49)53(65)68-54(6,7)8)46(66-10)31-47(62)58-26-16-19-43(58)50(67-11)35(5)44(60)29-39(27-36-17-14-13-15-18-36)51(63)56-40-23-20-37(32-55)21-24-40/h13-15,17-18,20-21,23-24,33-35,38-39,41-43,46,48-50H,12,16,19,22,25-32,55H2,1-11H3,(H,56,63)/t34-,35-,38-,39+,41+,42-,43-,46+,48-,49-,50+/m0/s1. The first kappa shape index (κ1) is 54.3. The zero-order valence-electron chi connectivity index (χ0n) is 42.7. The number of fused-ring (bicyclic) bond motifs is 2. The molecule has 0 unspecified atom stereocenters. The minimum absolute atomic E-state index is 0.00869. The molecule has 5 rings (SSSR count). The van der Waals surface area contributed by atoms with Gasteiger partial charge in [0.15, 0.2) is 5.78 Å². The largest absolute Gasteiger partial charge is 0.444 e. The molecular formula is C54H81N5O9. The van der Waals surface area contributed by atoms with Gasteiger partial charge in [-0.05, 0) is 100 Å². The molecule has 68 heavy (non-hydrogen) atoms. The molecule has 1 saturated carbocycles. The van der Waals surface area contributed by atoms with Crippen molar-refractivity contribution in [3.8, 4) is 0 Å². The third-order valence-corrected chi connectivity index (χ3v) is 15.0. The summed E-state index contributed by atoms with van der Waals surface area (Å²) < 4.78 is 18.0. The van der Waals surface area contributed by atoms with Crippen molar-refractivity contribution in [1.82, 2.24) is 14.7 Å². The smallest absolute Gasteiger partial charge is 0.411 e. The van der Waals surface area contributed by atoms with Gasteiger partial charge in [0.05, 0.1) is 36.8 Å². The van der Waals surface area contributed by atoms with E-state index in [-0.39, 0.29) is 72.3 Å². The second-order valence-corrected chi connectivity index (χ2v) is 21.1. The van der Waals surface area contributed by atoms with Gasteiger partial charge in [0.2, 0.25) is 17.7 Å². The van der Waals surface area contributed by atoms with E-state index in [1.54, 1.807) is 48.1 Å². The van der Waals surface area contributed by atoms with Gasteiger partial charge in [-0.3, -0.25) is 28.9 Å². The molecule has 1 aliphatic carbocycles. The second kappa shape index (κ2) is 24.3. The molecule has 2 aromatic carbocycles. The number of likely N-dealkylation sites (tertiary alicyclic amines) is 2. The molecule has 2 aliphatic heterocycles. The summed E-state index contributed by atoms with van der Waals surface area (Å²) in [6.07, 6.45) is 3.08. The third kappa shape index (κ3) is 13.4. The molecule has 3 N–H and O–H groups in total. The lowest BCUT2D eigenvalue weighted by Crippen LogP contribution is -2.54. The van der Waals surface area contributed by atoms with E-state index in [2.05, 4.69) is 5.32 Å². The van der Waals surface area contributed by atoms with Crippen molar-refractivity contribution < 1.29 is 43.0 Å². The van der Waals surface area contributed by atoms with Crippen molar-refractivity contribution in [2.24, 2.45) is 41.2 Å². The molecule has 11 atom stereocenters. The fourth-order valence-electron chi connectivity index (χ4n) is 11.1. The molecule has 0 aromatic heterocycles. The molecular weight excluding hydrogens is 863 g/mol. The number of carbonyl (C=O) groups excluding carboxylic acids is 6. The summed E-state index contributed by atoms with van der Waals surface area (Å²) in [7, 11) is 4.87. The first-order chi connectivity index (χ1) is 32.2. The van der Waals surface area contributed by atoms with Crippen LogP contribution < -0.4 is 11.1 Å². The number of anilines is 1. The lowest BCUT2D eigenvalue weighted by Gasteiger charge is -2.41. The summed E-state index contributed by atoms with van der Waals surface area (Å²) >= 11 is 0. The number of hydrogen-bond acceptors (Lipinski definition) is 10. The summed E-state index contributed by atoms with van der Waals surface area (Å²) in [6.45, 7) is 16.1. The van der Waals surface area contributed by atoms with Crippen molar-refractivity contribution in [2.45, 2.75) is 168 Å². The zero-order valence-corrected chi connectivity index (χ0v) is 42.7. The van der Waals surface area contributed by atoms with E-state index < -0.39 is 59.8 Å². The van der Waals surface area contributed by atoms with Gasteiger partial charge in [-0.1, -0.05) is 83.5 Å². The summed E-state index contributed by atoms with van der Waals surface area (Å²) in [6, 6.07) is 15.4. The summed E-state index contributed by atoms with van der Waals surface area (Å²) in [5, 5.41) is 3.00. The Kier molecular flexibility index (Phi) is 19.4. The first-order valence-electron chi connectivity index (χ1n) is 25.0. The fourth-order valence-corrected chi connectivity index (χ4v) is 11.1. The molecule has 2 heterocycles. The Bertz CT molecular complexity index is 2020. The number of ketones is 2. The molecule has 14 heteroatoms. The third-order valence-electron chi connectivity index (χ3n) is 15.0. The molecule has 4 amide bonds. The number of ether oxygens (including phenoxy) is 3. The number of nitrogens with zero attached hydrogens (tertiary/aromatic N) is 3. The second-order valence-electron chi connectivity index (χ2n) is 21.1. The van der Waals surface area contributed by atoms with Crippen LogP contribution in [0.5, 0.6) is 0 Å². The number of Topliss-reactive ketones (excluding diaryl/α,β-unsaturated/α-hetero) is 2. The van der Waals surface area contributed by atoms with Crippen LogP contribution in [0.3, 0.4) is 0 Å². The van der Waals surface area contributed by atoms with E-state index in [9.17, 15) is 28.8 Å². The Balaban J connectivity index is 1.29. The molecule has 0 spiro atoms. The van der Waals surface area contributed by atoms with Gasteiger partial charge < -0.3 is 35.1 Å². The van der Waals surface area contributed by atoms with Crippen LogP contribution in [0.25, 0.3) is 0 Å². The van der Waals surface area contributed by atoms with Crippen LogP contribution in [0.15, 0.2) is 54.6 Å². The predicted molar refractivity (Wildman–Crippen MR) is 263 cm³/mol. The van der Waals surface area contributed by atoms with Crippen LogP contribution in [-0.2, 0) is 51.1 Å². The number of benzene rings is 2. The molecule has 376 valence electrons. The number of piperidine rings is 1. The Hall–Kier alpha value is -4.66. The Morgan fingerprint density at radius 1 is 0.868 bits per heavy atom. The van der Waals surface area contributed by atoms with E-state index in [1.807, 2.05) is 97.9 Å². The van der Waals surface area contributed by atoms with Crippen LogP contribution in [0.2, 0.25) is 0 Å². The number of methoxy groups -OCH3 is 2. The summed E-state index contributed by atoms with van der Waals surface area (Å²) in [4.78, 5) is 90.3. The molecule has 2 aromatic rings. The van der Waals surface area contributed by atoms with E-state index in [0.717, 1.165) is 36.8 Å². The lowest BCUT2D eigenvalue weighted by molar-refractivity contribution is -0.149. The number of likely N-dealkylation sites (N-methyl/N-ethyl adjacent to an activating group) is 1. The van der Waals surface area contributed by atoms with Gasteiger partial charge in [-0.2, -0.15) is 0 Å². The number of amides is 4. The van der Waals surface area contributed by atoms with Crippen molar-refractivity contribution in [3.05, 3.63) is 65.7 Å². The van der Waals surface area contributed by atoms with E-state index in [4.69, 9.17) is 19.9 Å². The first-order valence-corrected chi connectivity index (χ1v) is 25.0. The predicted octanol–water partition coefficient (Wildman–Crippen LogP) is 7.84. The van der Waals surface area contributed by atoms with Crippen molar-refractivity contribution >= 4 is 41.1 Å². The maximum Gasteiger partial charge on any atom is 0.411 e. The molecule has 14 nitrogen and oxygen atoms in total. The molecule has 2 saturated heterocycles. The van der Waals surface area contributed by atoms with Crippen LogP contribution >= 0.6 is 0 Å². The topological polar surface area (TPSA) is 178 Å². The fraction of sp³-hybridized carbons (Fsp3) is 0.667. The number of nitrogens with one attached hydrogen (secondary N) is 1. The monoisotopic (exact) mass is 944 g/mol. The van der Waals surface area contributed by atoms with Gasteiger partial charge in [-0.25, -0.2) is 4.79 Å². The minimum Gasteiger partial charge on any atom is -0.444 e. The van der Waals surface area contributed by atoms with Crippen LogP contribution in [0, 0.1) is 35.5 Å². The van der Waals surface area contributed by atoms with E-state index in [1.165, 1.54) is 0 Å². The zero-order chi connectivity index (χ0) is 50.0. The summed E-state index contributed by atoms with van der Waals surface area (Å²) in [5.74, 6) is -3.02. The normalized spacial score (nSPS) is 22.2. The van der Waals surface area contributed by atoms with Crippen molar-refractivity contribution in [1.29, 1.82) is 0 Å². The highest BCUT2D eigenvalue weighted by Gasteiger charge is 2.53. The van der Waals surface area contributed by atoms with Crippen molar-refractivity contribution in [3.63, 3.8) is 0 Å². The average Bonchev–Trinajstić information content (AvgIpc) is 4.08. The maximum atomic E-state index is 14.7. The van der Waals surface area contributed by atoms with Gasteiger partial charge in [0.25, 0.3) is 0 Å². The maximum absolute atomic E-state index is 14.7.